The van der Waals surface area contributed by atoms with Crippen LogP contribution in [0.2, 0.25) is 0 Å². The number of ether oxygens (including phenoxy) is 1. The first kappa shape index (κ1) is 17.4. The summed E-state index contributed by atoms with van der Waals surface area (Å²) in [5, 5.41) is 6.49. The molecule has 0 aliphatic rings. The Labute approximate surface area is 152 Å². The van der Waals surface area contributed by atoms with Gasteiger partial charge in [-0.2, -0.15) is 0 Å². The van der Waals surface area contributed by atoms with E-state index in [0.29, 0.717) is 23.0 Å². The third kappa shape index (κ3) is 4.36. The van der Waals surface area contributed by atoms with Crippen molar-refractivity contribution in [2.24, 2.45) is 0 Å². The highest BCUT2D eigenvalue weighted by molar-refractivity contribution is 5.90. The molecule has 0 saturated carbocycles. The smallest absolute Gasteiger partial charge is 0.337 e. The Morgan fingerprint density at radius 2 is 1.50 bits per heavy atom. The molecular formula is C20H20N4O2. The maximum absolute atomic E-state index is 11.7. The Hall–Kier alpha value is -3.41. The maximum Gasteiger partial charge on any atom is 0.337 e. The minimum atomic E-state index is -0.380. The number of methoxy groups -OCH3 is 1. The topological polar surface area (TPSA) is 76.1 Å². The molecule has 0 atom stereocenters. The van der Waals surface area contributed by atoms with Gasteiger partial charge in [-0.15, -0.1) is 0 Å². The predicted octanol–water partition coefficient (Wildman–Crippen LogP) is 4.37. The highest BCUT2D eigenvalue weighted by Gasteiger charge is 2.07. The molecule has 0 aliphatic heterocycles. The lowest BCUT2D eigenvalue weighted by molar-refractivity contribution is 0.0601. The van der Waals surface area contributed by atoms with Crippen molar-refractivity contribution in [1.82, 2.24) is 9.97 Å². The van der Waals surface area contributed by atoms with Gasteiger partial charge in [0.05, 0.1) is 12.7 Å². The van der Waals surface area contributed by atoms with Crippen LogP contribution in [0.15, 0.2) is 54.6 Å². The molecule has 0 spiro atoms. The summed E-state index contributed by atoms with van der Waals surface area (Å²) < 4.78 is 4.75. The minimum absolute atomic E-state index is 0.380. The summed E-state index contributed by atoms with van der Waals surface area (Å²) >= 11 is 0. The van der Waals surface area contributed by atoms with Gasteiger partial charge in [-0.05, 0) is 49.7 Å². The monoisotopic (exact) mass is 348 g/mol. The van der Waals surface area contributed by atoms with Gasteiger partial charge in [0.1, 0.15) is 17.5 Å². The number of carbonyl (C=O) groups is 1. The number of esters is 1. The Morgan fingerprint density at radius 1 is 0.885 bits per heavy atom. The number of benzene rings is 2. The van der Waals surface area contributed by atoms with Crippen LogP contribution in [-0.2, 0) is 4.74 Å². The fraction of sp³-hybridized carbons (Fsp3) is 0.150. The SMILES string of the molecule is COC(=O)c1cccc(Nc2cc(Nc3cccc(C)c3)nc(C)n2)c1. The van der Waals surface area contributed by atoms with E-state index in [4.69, 9.17) is 4.74 Å². The van der Waals surface area contributed by atoms with Crippen LogP contribution in [0.3, 0.4) is 0 Å². The molecule has 1 aromatic heterocycles. The second-order valence-electron chi connectivity index (χ2n) is 5.88. The normalized spacial score (nSPS) is 10.3. The van der Waals surface area contributed by atoms with Crippen molar-refractivity contribution in [3.8, 4) is 0 Å². The lowest BCUT2D eigenvalue weighted by Crippen LogP contribution is -2.04. The van der Waals surface area contributed by atoms with Crippen molar-refractivity contribution in [2.45, 2.75) is 13.8 Å². The lowest BCUT2D eigenvalue weighted by atomic mass is 10.2. The number of nitrogens with zero attached hydrogens (tertiary/aromatic N) is 2. The number of anilines is 4. The van der Waals surface area contributed by atoms with Crippen molar-refractivity contribution in [3.63, 3.8) is 0 Å². The fourth-order valence-corrected chi connectivity index (χ4v) is 2.56. The van der Waals surface area contributed by atoms with Crippen LogP contribution in [0, 0.1) is 13.8 Å². The summed E-state index contributed by atoms with van der Waals surface area (Å²) in [5.74, 6) is 1.58. The van der Waals surface area contributed by atoms with Gasteiger partial charge in [0.15, 0.2) is 0 Å². The minimum Gasteiger partial charge on any atom is -0.465 e. The zero-order chi connectivity index (χ0) is 18.5. The highest BCUT2D eigenvalue weighted by Crippen LogP contribution is 2.21. The molecule has 0 amide bonds. The van der Waals surface area contributed by atoms with Gasteiger partial charge < -0.3 is 15.4 Å². The second kappa shape index (κ2) is 7.65. The molecule has 0 unspecified atom stereocenters. The van der Waals surface area contributed by atoms with E-state index in [-0.39, 0.29) is 5.97 Å². The van der Waals surface area contributed by atoms with Gasteiger partial charge in [-0.25, -0.2) is 14.8 Å². The number of aromatic nitrogens is 2. The largest absolute Gasteiger partial charge is 0.465 e. The molecule has 6 heteroatoms. The van der Waals surface area contributed by atoms with Gasteiger partial charge in [-0.3, -0.25) is 0 Å². The van der Waals surface area contributed by atoms with Crippen LogP contribution >= 0.6 is 0 Å². The number of aryl methyl sites for hydroxylation is 2. The number of rotatable bonds is 5. The molecule has 2 aromatic carbocycles. The summed E-state index contributed by atoms with van der Waals surface area (Å²) in [4.78, 5) is 20.5. The van der Waals surface area contributed by atoms with E-state index in [1.54, 1.807) is 18.2 Å². The van der Waals surface area contributed by atoms with Crippen LogP contribution in [0.25, 0.3) is 0 Å². The molecule has 6 nitrogen and oxygen atoms in total. The van der Waals surface area contributed by atoms with Gasteiger partial charge >= 0.3 is 5.97 Å². The molecule has 3 aromatic rings. The zero-order valence-electron chi connectivity index (χ0n) is 14.9. The summed E-state index contributed by atoms with van der Waals surface area (Å²) in [7, 11) is 1.36. The molecule has 0 saturated heterocycles. The average molecular weight is 348 g/mol. The first-order valence-corrected chi connectivity index (χ1v) is 8.18. The number of carbonyl (C=O) groups excluding carboxylic acids is 1. The highest BCUT2D eigenvalue weighted by atomic mass is 16.5. The average Bonchev–Trinajstić information content (AvgIpc) is 2.60. The van der Waals surface area contributed by atoms with Crippen molar-refractivity contribution in [2.75, 3.05) is 17.7 Å². The van der Waals surface area contributed by atoms with E-state index < -0.39 is 0 Å². The molecule has 0 fully saturated rings. The summed E-state index contributed by atoms with van der Waals surface area (Å²) in [6.45, 7) is 3.87. The van der Waals surface area contributed by atoms with Crippen molar-refractivity contribution >= 4 is 29.0 Å². The predicted molar refractivity (Wildman–Crippen MR) is 102 cm³/mol. The third-order valence-corrected chi connectivity index (χ3v) is 3.68. The van der Waals surface area contributed by atoms with E-state index in [9.17, 15) is 4.79 Å². The standard InChI is InChI=1S/C20H20N4O2/c1-13-6-4-8-16(10-13)23-18-12-19(22-14(2)21-18)24-17-9-5-7-15(11-17)20(25)26-3/h4-12H,1-3H3,(H2,21,22,23,24). The van der Waals surface area contributed by atoms with Crippen molar-refractivity contribution in [3.05, 3.63) is 71.5 Å². The maximum atomic E-state index is 11.7. The van der Waals surface area contributed by atoms with Crippen LogP contribution in [0.4, 0.5) is 23.0 Å². The Bertz CT molecular complexity index is 941. The molecule has 0 aliphatic carbocycles. The van der Waals surface area contributed by atoms with Crippen LogP contribution < -0.4 is 10.6 Å². The van der Waals surface area contributed by atoms with E-state index in [2.05, 4.69) is 20.6 Å². The van der Waals surface area contributed by atoms with Crippen LogP contribution in [-0.4, -0.2) is 23.0 Å². The Balaban J connectivity index is 1.83. The first-order valence-electron chi connectivity index (χ1n) is 8.18. The zero-order valence-corrected chi connectivity index (χ0v) is 14.9. The van der Waals surface area contributed by atoms with Gasteiger partial charge in [0, 0.05) is 17.4 Å². The van der Waals surface area contributed by atoms with E-state index >= 15 is 0 Å². The molecule has 26 heavy (non-hydrogen) atoms. The van der Waals surface area contributed by atoms with Gasteiger partial charge in [0.2, 0.25) is 0 Å². The van der Waals surface area contributed by atoms with E-state index in [1.807, 2.05) is 50.2 Å². The quantitative estimate of drug-likeness (QED) is 0.667. The van der Waals surface area contributed by atoms with E-state index in [1.165, 1.54) is 12.7 Å². The molecule has 0 bridgehead atoms. The summed E-state index contributed by atoms with van der Waals surface area (Å²) in [5.41, 5.74) is 3.34. The summed E-state index contributed by atoms with van der Waals surface area (Å²) in [6.07, 6.45) is 0. The number of hydrogen-bond donors (Lipinski definition) is 2. The third-order valence-electron chi connectivity index (χ3n) is 3.68. The molecule has 3 rings (SSSR count). The molecule has 0 radical (unpaired) electrons. The molecule has 1 heterocycles. The Morgan fingerprint density at radius 3 is 2.12 bits per heavy atom. The van der Waals surface area contributed by atoms with Crippen molar-refractivity contribution < 1.29 is 9.53 Å². The molecule has 132 valence electrons. The van der Waals surface area contributed by atoms with Gasteiger partial charge in [0.25, 0.3) is 0 Å². The molecular weight excluding hydrogens is 328 g/mol. The van der Waals surface area contributed by atoms with E-state index in [0.717, 1.165) is 11.4 Å². The first-order chi connectivity index (χ1) is 12.5. The van der Waals surface area contributed by atoms with Crippen LogP contribution in [0.1, 0.15) is 21.7 Å². The van der Waals surface area contributed by atoms with Crippen LogP contribution in [0.5, 0.6) is 0 Å². The van der Waals surface area contributed by atoms with Crippen molar-refractivity contribution in [1.29, 1.82) is 0 Å². The number of hydrogen-bond acceptors (Lipinski definition) is 6. The lowest BCUT2D eigenvalue weighted by Gasteiger charge is -2.11. The summed E-state index contributed by atoms with van der Waals surface area (Å²) in [6, 6.07) is 16.9. The number of nitrogens with one attached hydrogen (secondary N) is 2. The molecule has 2 N–H and O–H groups in total. The Kier molecular flexibility index (Phi) is 5.12. The second-order valence-corrected chi connectivity index (χ2v) is 5.88. The van der Waals surface area contributed by atoms with Gasteiger partial charge in [-0.1, -0.05) is 18.2 Å². The fourth-order valence-electron chi connectivity index (χ4n) is 2.56.